The number of nitrogens with zero attached hydrogens (tertiary/aromatic N) is 4. The summed E-state index contributed by atoms with van der Waals surface area (Å²) in [5.74, 6) is -0.943. The highest BCUT2D eigenvalue weighted by atomic mass is 35.5. The fourth-order valence-corrected chi connectivity index (χ4v) is 17.0. The van der Waals surface area contributed by atoms with Crippen LogP contribution in [0, 0.1) is 13.8 Å². The van der Waals surface area contributed by atoms with Crippen molar-refractivity contribution in [2.75, 3.05) is 35.5 Å². The molecule has 0 unspecified atom stereocenters. The van der Waals surface area contributed by atoms with E-state index in [0.717, 1.165) is 53.2 Å². The fourth-order valence-electron chi connectivity index (χ4n) is 9.32. The number of carbonyl (C=O) groups is 4. The van der Waals surface area contributed by atoms with Crippen molar-refractivity contribution < 1.29 is 84.5 Å². The summed E-state index contributed by atoms with van der Waals surface area (Å²) in [6, 6.07) is 24.1. The average Bonchev–Trinajstić information content (AvgIpc) is 1.03. The van der Waals surface area contributed by atoms with E-state index in [1.165, 1.54) is 139 Å². The number of amides is 4. The van der Waals surface area contributed by atoms with Gasteiger partial charge in [0.1, 0.15) is 36.2 Å². The maximum Gasteiger partial charge on any atom is 0.416 e. The van der Waals surface area contributed by atoms with Crippen LogP contribution >= 0.6 is 34.3 Å². The van der Waals surface area contributed by atoms with E-state index in [9.17, 15) is 66.0 Å². The molecule has 0 spiro atoms. The Balaban J connectivity index is 0.000000256. The minimum atomic E-state index is -4.69. The number of hydrogen-bond acceptors (Lipinski definition) is 22. The fraction of sp³-hybridized carbons (Fsp3) is 0.452. The van der Waals surface area contributed by atoms with E-state index in [2.05, 4.69) is 62.3 Å². The minimum absolute atomic E-state index is 0.0185. The van der Waals surface area contributed by atoms with Crippen LogP contribution < -0.4 is 30.7 Å². The Bertz CT molecular complexity index is 5000. The molecule has 24 nitrogen and oxygen atoms in total. The van der Waals surface area contributed by atoms with Crippen molar-refractivity contribution in [3.05, 3.63) is 152 Å². The molecule has 4 aromatic heterocycles. The highest BCUT2D eigenvalue weighted by Gasteiger charge is 2.48. The second kappa shape index (κ2) is 32.6. The second-order valence-electron chi connectivity index (χ2n) is 30.7. The van der Waals surface area contributed by atoms with Gasteiger partial charge >= 0.3 is 6.18 Å². The Morgan fingerprint density at radius 1 is 0.430 bits per heavy atom. The molecule has 0 atom stereocenters. The molecule has 0 radical (unpaired) electrons. The summed E-state index contributed by atoms with van der Waals surface area (Å²) in [4.78, 5) is 61.0. The molecular weight excluding hydrogens is 1530 g/mol. The predicted molar refractivity (Wildman–Crippen MR) is 410 cm³/mol. The Morgan fingerprint density at radius 2 is 0.785 bits per heavy atom. The van der Waals surface area contributed by atoms with E-state index in [1.807, 2.05) is 69.2 Å². The minimum Gasteiger partial charge on any atom is -0.497 e. The smallest absolute Gasteiger partial charge is 0.416 e. The van der Waals surface area contributed by atoms with E-state index >= 15 is 0 Å². The number of hydrogen-bond donors (Lipinski definition) is 4. The lowest BCUT2D eigenvalue weighted by Gasteiger charge is -2.23. The van der Waals surface area contributed by atoms with Crippen LogP contribution in [-0.2, 0) is 86.4 Å². The topological polar surface area (TPSA) is 349 Å². The summed E-state index contributed by atoms with van der Waals surface area (Å²) in [5.41, 5.74) is 0.272. The molecule has 0 aliphatic rings. The zero-order chi connectivity index (χ0) is 81.8. The average molecular weight is 1620 g/mol. The van der Waals surface area contributed by atoms with Crippen molar-refractivity contribution in [3.63, 3.8) is 0 Å². The number of methoxy groups -OCH3 is 2. The van der Waals surface area contributed by atoms with Crippen LogP contribution in [-0.4, -0.2) is 111 Å². The van der Waals surface area contributed by atoms with Crippen molar-refractivity contribution in [2.45, 2.75) is 219 Å². The van der Waals surface area contributed by atoms with Gasteiger partial charge in [0, 0.05) is 37.7 Å². The van der Waals surface area contributed by atoms with Gasteiger partial charge in [0.05, 0.1) is 56.4 Å². The summed E-state index contributed by atoms with van der Waals surface area (Å²) in [6.07, 6.45) is -4.69. The number of ether oxygens (including phenoxy) is 2. The number of halogens is 4. The Kier molecular flexibility index (Phi) is 27.3. The molecule has 0 fully saturated rings. The molecule has 107 heavy (non-hydrogen) atoms. The molecule has 4 heterocycles. The van der Waals surface area contributed by atoms with Gasteiger partial charge in [0.2, 0.25) is 29.5 Å². The standard InChI is InChI=1S/C19H23F3N2O3S2.C19H26N2O4S2.C18H24N2O5S.C17H21ClN2O4S/c1-11-14(17(2,3)4)28-16(23-11)24-15(25)18(5,6)29(26,27)13-9-7-8-12(10-13)19(20,21)22;1-12-15(18(2,3)4)26-17(20-12)21-16(22)19(5,6)27(23,24)14-10-8-13(25-7)9-11-14;1-17(2,3)14-11-15(20-25-14)19-16(21)18(4,5)26(22,23)13-9-7-12(24-6)8-10-13;1-16(2,3)13-10-14(24-20-13)19-15(21)17(4,5)25(22,23)12-8-6-11(18)7-9-12/h7-10H,1-6H3,(H,23,24,25);8-11H,1-7H3,(H,20,21,22);7-11H,1-6H3,(H,19,20,21);6-10H,1-5H3,(H,19,21). The Morgan fingerprint density at radius 3 is 1.10 bits per heavy atom. The summed E-state index contributed by atoms with van der Waals surface area (Å²) < 4.78 is 155. The molecule has 4 amide bonds. The van der Waals surface area contributed by atoms with Crippen LogP contribution in [0.4, 0.5) is 35.1 Å². The largest absolute Gasteiger partial charge is 0.497 e. The van der Waals surface area contributed by atoms with Gasteiger partial charge in [-0.05, 0) is 171 Å². The van der Waals surface area contributed by atoms with Gasteiger partial charge in [-0.15, -0.1) is 22.7 Å². The van der Waals surface area contributed by atoms with Crippen LogP contribution in [0.5, 0.6) is 11.5 Å². The molecule has 34 heteroatoms. The van der Waals surface area contributed by atoms with Gasteiger partial charge in [-0.1, -0.05) is 111 Å². The first-order valence-electron chi connectivity index (χ1n) is 32.9. The summed E-state index contributed by atoms with van der Waals surface area (Å²) in [5, 5.41) is 18.9. The van der Waals surface area contributed by atoms with E-state index in [4.69, 9.17) is 30.1 Å². The maximum absolute atomic E-state index is 13.0. The normalized spacial score (nSPS) is 12.9. The zero-order valence-corrected chi connectivity index (χ0v) is 69.8. The highest BCUT2D eigenvalue weighted by Crippen LogP contribution is 2.40. The van der Waals surface area contributed by atoms with E-state index in [1.54, 1.807) is 31.2 Å². The predicted octanol–water partition coefficient (Wildman–Crippen LogP) is 15.9. The number of anilines is 4. The van der Waals surface area contributed by atoms with Crippen LogP contribution in [0.2, 0.25) is 5.02 Å². The van der Waals surface area contributed by atoms with Gasteiger partial charge in [-0.3, -0.25) is 24.5 Å². The summed E-state index contributed by atoms with van der Waals surface area (Å²) >= 11 is 8.40. The number of sulfone groups is 4. The van der Waals surface area contributed by atoms with Gasteiger partial charge in [0.25, 0.3) is 0 Å². The number of thiazole rings is 2. The van der Waals surface area contributed by atoms with E-state index < -0.39 is 98.6 Å². The molecule has 0 aliphatic carbocycles. The highest BCUT2D eigenvalue weighted by molar-refractivity contribution is 7.94. The van der Waals surface area contributed by atoms with Crippen molar-refractivity contribution in [2.24, 2.45) is 0 Å². The number of aromatic nitrogens is 4. The quantitative estimate of drug-likeness (QED) is 0.0620. The van der Waals surface area contributed by atoms with Crippen LogP contribution in [0.1, 0.15) is 177 Å². The Hall–Kier alpha value is -8.08. The first kappa shape index (κ1) is 89.5. The third kappa shape index (κ3) is 20.8. The number of aryl methyl sites for hydroxylation is 2. The molecule has 0 bridgehead atoms. The number of benzene rings is 4. The number of nitrogens with one attached hydrogen (secondary N) is 4. The van der Waals surface area contributed by atoms with E-state index in [-0.39, 0.29) is 53.2 Å². The zero-order valence-electron chi connectivity index (χ0n) is 64.2. The number of rotatable bonds is 18. The van der Waals surface area contributed by atoms with Crippen LogP contribution in [0.3, 0.4) is 0 Å². The lowest BCUT2D eigenvalue weighted by atomic mass is 9.92. The van der Waals surface area contributed by atoms with Crippen molar-refractivity contribution >= 4 is 119 Å². The first-order chi connectivity index (χ1) is 48.5. The first-order valence-corrected chi connectivity index (χ1v) is 40.8. The molecular formula is C73H94ClF3N8O16S6. The van der Waals surface area contributed by atoms with Gasteiger partial charge in [0.15, 0.2) is 55.4 Å². The third-order valence-electron chi connectivity index (χ3n) is 16.6. The summed E-state index contributed by atoms with van der Waals surface area (Å²) in [7, 11) is -13.2. The second-order valence-corrected chi connectivity index (χ2v) is 43.2. The van der Waals surface area contributed by atoms with Crippen molar-refractivity contribution in [3.8, 4) is 11.5 Å². The molecule has 0 saturated heterocycles. The number of carbonyl (C=O) groups excluding carboxylic acids is 4. The molecule has 4 aromatic carbocycles. The number of alkyl halides is 3. The van der Waals surface area contributed by atoms with Crippen molar-refractivity contribution in [1.82, 2.24) is 20.3 Å². The molecule has 8 rings (SSSR count). The van der Waals surface area contributed by atoms with Crippen molar-refractivity contribution in [1.29, 1.82) is 0 Å². The lowest BCUT2D eigenvalue weighted by molar-refractivity contribution is -0.137. The van der Waals surface area contributed by atoms with Gasteiger partial charge < -0.3 is 34.5 Å². The van der Waals surface area contributed by atoms with E-state index in [0.29, 0.717) is 39.2 Å². The Labute approximate surface area is 637 Å². The molecule has 0 saturated carbocycles. The van der Waals surface area contributed by atoms with Crippen LogP contribution in [0.25, 0.3) is 0 Å². The van der Waals surface area contributed by atoms with Crippen LogP contribution in [0.15, 0.2) is 138 Å². The molecule has 586 valence electrons. The summed E-state index contributed by atoms with van der Waals surface area (Å²) in [6.45, 7) is 38.0. The lowest BCUT2D eigenvalue weighted by Crippen LogP contribution is -2.44. The molecule has 0 aliphatic heterocycles. The van der Waals surface area contributed by atoms with Gasteiger partial charge in [-0.2, -0.15) is 13.2 Å². The molecule has 4 N–H and O–H groups in total. The monoisotopic (exact) mass is 1620 g/mol. The maximum atomic E-state index is 13.0. The molecule has 8 aromatic rings. The SMILES string of the molecule is CC(C)(C)c1cc(NC(=O)C(C)(C)S(=O)(=O)c2ccc(Cl)cc2)on1.COc1ccc(S(=O)(=O)C(C)(C)C(=O)Nc2cc(C(C)(C)C)on2)cc1.COc1ccc(S(=O)(=O)C(C)(C)C(=O)Nc2nc(C)c(C(C)(C)C)s2)cc1.Cc1nc(NC(=O)C(C)(C)S(=O)(=O)c2cccc(C(F)(F)F)c2)sc1C(C)(C)C. The third-order valence-corrected chi connectivity index (χ3v) is 29.5. The van der Waals surface area contributed by atoms with Gasteiger partial charge in [-0.25, -0.2) is 43.6 Å².